The van der Waals surface area contributed by atoms with Crippen molar-refractivity contribution in [1.29, 1.82) is 0 Å². The summed E-state index contributed by atoms with van der Waals surface area (Å²) >= 11 is 5.25. The van der Waals surface area contributed by atoms with Crippen LogP contribution in [-0.4, -0.2) is 33.4 Å². The molecule has 0 bridgehead atoms. The second-order valence-corrected chi connectivity index (χ2v) is 5.49. The molecule has 1 unspecified atom stereocenters. The summed E-state index contributed by atoms with van der Waals surface area (Å²) in [7, 11) is -1.82. The van der Waals surface area contributed by atoms with Crippen LogP contribution in [0.3, 0.4) is 0 Å². The summed E-state index contributed by atoms with van der Waals surface area (Å²) in [4.78, 5) is 0. The van der Waals surface area contributed by atoms with Crippen LogP contribution >= 0.6 is 11.6 Å². The Hall–Kier alpha value is 0.160. The summed E-state index contributed by atoms with van der Waals surface area (Å²) < 4.78 is 29.5. The van der Waals surface area contributed by atoms with Crippen LogP contribution in [0, 0.1) is 5.92 Å². The van der Waals surface area contributed by atoms with Gasteiger partial charge in [0, 0.05) is 13.2 Å². The number of halogens is 1. The lowest BCUT2D eigenvalue weighted by molar-refractivity contribution is 0.157. The van der Waals surface area contributed by atoms with Crippen LogP contribution in [0.2, 0.25) is 0 Å². The summed E-state index contributed by atoms with van der Waals surface area (Å²) in [5.41, 5.74) is 0. The van der Waals surface area contributed by atoms with Crippen LogP contribution in [0.4, 0.5) is 0 Å². The molecule has 0 aliphatic heterocycles. The predicted octanol–water partition coefficient (Wildman–Crippen LogP) is 0.773. The number of hydrogen-bond donors (Lipinski definition) is 1. The maximum atomic E-state index is 11.1. The molecule has 0 amide bonds. The number of nitrogens with one attached hydrogen (secondary N) is 1. The van der Waals surface area contributed by atoms with Crippen molar-refractivity contribution in [1.82, 2.24) is 4.72 Å². The molecule has 80 valence electrons. The number of ether oxygens (including phenoxy) is 1. The second-order valence-electron chi connectivity index (χ2n) is 3.15. The molecule has 6 heteroatoms. The van der Waals surface area contributed by atoms with E-state index in [1.165, 1.54) is 7.11 Å². The molecule has 0 fully saturated rings. The van der Waals surface area contributed by atoms with Crippen LogP contribution in [0.25, 0.3) is 0 Å². The predicted molar refractivity (Wildman–Crippen MR) is 53.3 cm³/mol. The Kier molecular flexibility index (Phi) is 5.87. The maximum Gasteiger partial charge on any atom is 0.225 e. The van der Waals surface area contributed by atoms with Crippen molar-refractivity contribution < 1.29 is 13.2 Å². The third-order valence-corrected chi connectivity index (χ3v) is 3.44. The van der Waals surface area contributed by atoms with Gasteiger partial charge in [0.1, 0.15) is 5.21 Å². The van der Waals surface area contributed by atoms with E-state index in [4.69, 9.17) is 16.3 Å². The molecule has 13 heavy (non-hydrogen) atoms. The molecule has 0 aliphatic carbocycles. The first-order chi connectivity index (χ1) is 5.93. The molecule has 0 saturated carbocycles. The third-order valence-electron chi connectivity index (χ3n) is 1.63. The van der Waals surface area contributed by atoms with E-state index in [0.29, 0.717) is 6.61 Å². The molecule has 0 rings (SSSR count). The zero-order valence-corrected chi connectivity index (χ0v) is 9.65. The summed E-state index contributed by atoms with van der Waals surface area (Å²) in [5.74, 6) is 0.179. The lowest BCUT2D eigenvalue weighted by atomic mass is 10.1. The number of rotatable bonds is 6. The van der Waals surface area contributed by atoms with Gasteiger partial charge in [0.15, 0.2) is 0 Å². The Morgan fingerprint density at radius 3 is 2.31 bits per heavy atom. The highest BCUT2D eigenvalue weighted by Crippen LogP contribution is 2.04. The van der Waals surface area contributed by atoms with Crippen LogP contribution in [0.5, 0.6) is 0 Å². The van der Waals surface area contributed by atoms with Gasteiger partial charge in [0.2, 0.25) is 10.0 Å². The summed E-state index contributed by atoms with van der Waals surface area (Å²) in [6.45, 7) is 4.19. The van der Waals surface area contributed by atoms with Gasteiger partial charge in [-0.25, -0.2) is 13.1 Å². The van der Waals surface area contributed by atoms with E-state index in [2.05, 4.69) is 4.72 Å². The van der Waals surface area contributed by atoms with Gasteiger partial charge in [-0.1, -0.05) is 13.8 Å². The van der Waals surface area contributed by atoms with Crippen molar-refractivity contribution in [2.45, 2.75) is 19.9 Å². The molecule has 0 spiro atoms. The van der Waals surface area contributed by atoms with Crippen molar-refractivity contribution in [3.8, 4) is 0 Å². The molecular weight excluding hydrogens is 214 g/mol. The number of sulfonamides is 1. The van der Waals surface area contributed by atoms with Crippen LogP contribution in [-0.2, 0) is 14.8 Å². The standard InChI is InChI=1S/C7H16ClNO3S/c1-6(2)7(4-12-3)9-13(10,11)5-8/h6-7,9H,4-5H2,1-3H3. The lowest BCUT2D eigenvalue weighted by Crippen LogP contribution is -2.41. The fourth-order valence-electron chi connectivity index (χ4n) is 0.804. The normalized spacial score (nSPS) is 14.8. The Morgan fingerprint density at radius 2 is 2.00 bits per heavy atom. The Morgan fingerprint density at radius 1 is 1.46 bits per heavy atom. The average Bonchev–Trinajstić information content (AvgIpc) is 2.03. The monoisotopic (exact) mass is 229 g/mol. The molecule has 0 aromatic rings. The van der Waals surface area contributed by atoms with E-state index in [-0.39, 0.29) is 12.0 Å². The van der Waals surface area contributed by atoms with E-state index in [1.807, 2.05) is 13.8 Å². The molecule has 1 atom stereocenters. The second kappa shape index (κ2) is 5.80. The fourth-order valence-corrected chi connectivity index (χ4v) is 1.86. The third kappa shape index (κ3) is 5.46. The van der Waals surface area contributed by atoms with Gasteiger partial charge in [-0.2, -0.15) is 0 Å². The van der Waals surface area contributed by atoms with E-state index < -0.39 is 15.2 Å². The topological polar surface area (TPSA) is 55.4 Å². The first kappa shape index (κ1) is 13.2. The molecule has 4 nitrogen and oxygen atoms in total. The van der Waals surface area contributed by atoms with Gasteiger partial charge >= 0.3 is 0 Å². The van der Waals surface area contributed by atoms with Crippen molar-refractivity contribution in [3.05, 3.63) is 0 Å². The van der Waals surface area contributed by atoms with E-state index in [9.17, 15) is 8.42 Å². The molecule has 0 heterocycles. The highest BCUT2D eigenvalue weighted by molar-refractivity contribution is 7.90. The van der Waals surface area contributed by atoms with Gasteiger partial charge in [0.25, 0.3) is 0 Å². The van der Waals surface area contributed by atoms with Crippen LogP contribution < -0.4 is 4.72 Å². The Bertz CT molecular complexity index is 228. The molecule has 0 aliphatic rings. The first-order valence-electron chi connectivity index (χ1n) is 3.98. The van der Waals surface area contributed by atoms with Gasteiger partial charge in [-0.05, 0) is 5.92 Å². The first-order valence-corrected chi connectivity index (χ1v) is 6.16. The van der Waals surface area contributed by atoms with Gasteiger partial charge in [-0.3, -0.25) is 0 Å². The van der Waals surface area contributed by atoms with Crippen molar-refractivity contribution in [3.63, 3.8) is 0 Å². The van der Waals surface area contributed by atoms with Crippen molar-refractivity contribution in [2.75, 3.05) is 18.9 Å². The van der Waals surface area contributed by atoms with E-state index in [0.717, 1.165) is 0 Å². The SMILES string of the molecule is COCC(NS(=O)(=O)CCl)C(C)C. The Balaban J connectivity index is 4.26. The highest BCUT2D eigenvalue weighted by Gasteiger charge is 2.19. The molecule has 0 aromatic carbocycles. The smallest absolute Gasteiger partial charge is 0.225 e. The van der Waals surface area contributed by atoms with Crippen LogP contribution in [0.15, 0.2) is 0 Å². The van der Waals surface area contributed by atoms with E-state index in [1.54, 1.807) is 0 Å². The minimum atomic E-state index is -3.35. The maximum absolute atomic E-state index is 11.1. The van der Waals surface area contributed by atoms with Gasteiger partial charge in [-0.15, -0.1) is 11.6 Å². The lowest BCUT2D eigenvalue weighted by Gasteiger charge is -2.20. The zero-order valence-electron chi connectivity index (χ0n) is 8.08. The summed E-state index contributed by atoms with van der Waals surface area (Å²) in [6, 6.07) is -0.214. The molecular formula is C7H16ClNO3S. The quantitative estimate of drug-likeness (QED) is 0.685. The van der Waals surface area contributed by atoms with Gasteiger partial charge in [0.05, 0.1) is 6.61 Å². The number of methoxy groups -OCH3 is 1. The minimum Gasteiger partial charge on any atom is -0.383 e. The van der Waals surface area contributed by atoms with Crippen molar-refractivity contribution >= 4 is 21.6 Å². The van der Waals surface area contributed by atoms with Gasteiger partial charge < -0.3 is 4.74 Å². The summed E-state index contributed by atoms with van der Waals surface area (Å²) in [5, 5.41) is -0.417. The highest BCUT2D eigenvalue weighted by atomic mass is 35.5. The largest absolute Gasteiger partial charge is 0.383 e. The Labute approximate surface area is 84.7 Å². The molecule has 0 radical (unpaired) electrons. The zero-order chi connectivity index (χ0) is 10.5. The van der Waals surface area contributed by atoms with Crippen molar-refractivity contribution in [2.24, 2.45) is 5.92 Å². The number of alkyl halides is 1. The molecule has 0 saturated heterocycles. The average molecular weight is 230 g/mol. The number of hydrogen-bond acceptors (Lipinski definition) is 3. The molecule has 0 aromatic heterocycles. The van der Waals surface area contributed by atoms with Crippen LogP contribution in [0.1, 0.15) is 13.8 Å². The van der Waals surface area contributed by atoms with E-state index >= 15 is 0 Å². The summed E-state index contributed by atoms with van der Waals surface area (Å²) in [6.07, 6.45) is 0. The fraction of sp³-hybridized carbons (Fsp3) is 1.00. The molecule has 1 N–H and O–H groups in total. The minimum absolute atomic E-state index is 0.179.